The van der Waals surface area contributed by atoms with E-state index in [1.165, 1.54) is 6.26 Å². The molecule has 0 atom stereocenters. The molecule has 0 aromatic carbocycles. The highest BCUT2D eigenvalue weighted by molar-refractivity contribution is 6.01. The maximum absolute atomic E-state index is 11.5. The second-order valence-corrected chi connectivity index (χ2v) is 3.80. The molecule has 5 heteroatoms. The summed E-state index contributed by atoms with van der Waals surface area (Å²) in [6, 6.07) is 3.42. The van der Waals surface area contributed by atoms with Gasteiger partial charge in [-0.25, -0.2) is 0 Å². The largest absolute Gasteiger partial charge is 0.622 e. The molecule has 0 radical (unpaired) electrons. The zero-order valence-corrected chi connectivity index (χ0v) is 8.10. The Hall–Kier alpha value is -1.33. The summed E-state index contributed by atoms with van der Waals surface area (Å²) >= 11 is 0. The van der Waals surface area contributed by atoms with Crippen LogP contribution in [0.25, 0.3) is 0 Å². The van der Waals surface area contributed by atoms with Gasteiger partial charge < -0.3 is 14.8 Å². The molecule has 2 heterocycles. The standard InChI is InChI=1S/C9H12N2O3/c1-9(2)8(7-4-3-5-14-7)10(12)6-11(9)13/h3-5,13H,6H2,1-2H3. The van der Waals surface area contributed by atoms with Gasteiger partial charge in [0.2, 0.25) is 6.67 Å². The van der Waals surface area contributed by atoms with Crippen molar-refractivity contribution in [3.63, 3.8) is 0 Å². The predicted octanol–water partition coefficient (Wildman–Crippen LogP) is 1.02. The van der Waals surface area contributed by atoms with Crippen LogP contribution in [0, 0.1) is 5.21 Å². The van der Waals surface area contributed by atoms with Gasteiger partial charge in [0.25, 0.3) is 5.71 Å². The number of furan rings is 1. The van der Waals surface area contributed by atoms with Crippen molar-refractivity contribution in [2.75, 3.05) is 6.67 Å². The van der Waals surface area contributed by atoms with E-state index in [0.29, 0.717) is 11.5 Å². The van der Waals surface area contributed by atoms with E-state index in [1.54, 1.807) is 26.0 Å². The highest BCUT2D eigenvalue weighted by atomic mass is 16.5. The molecule has 0 spiro atoms. The maximum Gasteiger partial charge on any atom is 0.253 e. The van der Waals surface area contributed by atoms with Crippen molar-refractivity contribution in [1.29, 1.82) is 0 Å². The van der Waals surface area contributed by atoms with Gasteiger partial charge in [-0.1, -0.05) is 0 Å². The molecular weight excluding hydrogens is 184 g/mol. The summed E-state index contributed by atoms with van der Waals surface area (Å²) in [5, 5.41) is 22.0. The Morgan fingerprint density at radius 3 is 2.79 bits per heavy atom. The average Bonchev–Trinajstić information content (AvgIpc) is 2.61. The van der Waals surface area contributed by atoms with Crippen LogP contribution in [0.3, 0.4) is 0 Å². The Morgan fingerprint density at radius 1 is 1.64 bits per heavy atom. The van der Waals surface area contributed by atoms with E-state index in [4.69, 9.17) is 4.42 Å². The first-order valence-corrected chi connectivity index (χ1v) is 4.36. The lowest BCUT2D eigenvalue weighted by atomic mass is 9.97. The zero-order valence-electron chi connectivity index (χ0n) is 8.10. The molecule has 0 amide bonds. The van der Waals surface area contributed by atoms with Crippen LogP contribution in [0.1, 0.15) is 19.6 Å². The molecule has 0 saturated heterocycles. The Morgan fingerprint density at radius 2 is 2.36 bits per heavy atom. The van der Waals surface area contributed by atoms with Crippen LogP contribution in [-0.4, -0.2) is 32.9 Å². The van der Waals surface area contributed by atoms with Crippen molar-refractivity contribution in [2.24, 2.45) is 0 Å². The second kappa shape index (κ2) is 2.83. The van der Waals surface area contributed by atoms with E-state index in [1.807, 2.05) is 0 Å². The number of hydrogen-bond donors (Lipinski definition) is 1. The third-order valence-corrected chi connectivity index (χ3v) is 2.49. The average molecular weight is 196 g/mol. The van der Waals surface area contributed by atoms with Gasteiger partial charge in [0.15, 0.2) is 5.76 Å². The molecular formula is C9H12N2O3. The summed E-state index contributed by atoms with van der Waals surface area (Å²) in [6.45, 7) is 3.48. The fourth-order valence-corrected chi connectivity index (χ4v) is 1.63. The first-order chi connectivity index (χ1) is 6.53. The van der Waals surface area contributed by atoms with E-state index >= 15 is 0 Å². The van der Waals surface area contributed by atoms with E-state index < -0.39 is 5.54 Å². The number of nitrogens with zero attached hydrogens (tertiary/aromatic N) is 2. The van der Waals surface area contributed by atoms with Gasteiger partial charge in [-0.2, -0.15) is 4.74 Å². The van der Waals surface area contributed by atoms with Crippen molar-refractivity contribution in [2.45, 2.75) is 19.4 Å². The van der Waals surface area contributed by atoms with Crippen molar-refractivity contribution < 1.29 is 14.4 Å². The van der Waals surface area contributed by atoms with Crippen LogP contribution in [-0.2, 0) is 0 Å². The maximum atomic E-state index is 11.5. The lowest BCUT2D eigenvalue weighted by molar-refractivity contribution is -0.487. The fraction of sp³-hybridized carbons (Fsp3) is 0.444. The third-order valence-electron chi connectivity index (χ3n) is 2.49. The molecule has 0 saturated carbocycles. The fourth-order valence-electron chi connectivity index (χ4n) is 1.63. The molecule has 1 aliphatic rings. The summed E-state index contributed by atoms with van der Waals surface area (Å²) < 4.78 is 5.89. The van der Waals surface area contributed by atoms with Gasteiger partial charge in [-0.15, -0.1) is 5.06 Å². The molecule has 1 aliphatic heterocycles. The van der Waals surface area contributed by atoms with Crippen molar-refractivity contribution in [1.82, 2.24) is 5.06 Å². The molecule has 14 heavy (non-hydrogen) atoms. The SMILES string of the molecule is CC1(C)C(c2ccco2)=[N+]([O-])CN1O. The highest BCUT2D eigenvalue weighted by Crippen LogP contribution is 2.24. The van der Waals surface area contributed by atoms with Gasteiger partial charge in [0.1, 0.15) is 5.54 Å². The predicted molar refractivity (Wildman–Crippen MR) is 49.0 cm³/mol. The Balaban J connectivity index is 2.48. The smallest absolute Gasteiger partial charge is 0.253 e. The highest BCUT2D eigenvalue weighted by Gasteiger charge is 2.47. The normalized spacial score (nSPS) is 21.9. The van der Waals surface area contributed by atoms with E-state index in [9.17, 15) is 10.4 Å². The molecule has 1 aromatic heterocycles. The van der Waals surface area contributed by atoms with E-state index in [0.717, 1.165) is 9.80 Å². The number of hydrogen-bond acceptors (Lipinski definition) is 4. The first kappa shape index (κ1) is 9.23. The van der Waals surface area contributed by atoms with Crippen LogP contribution >= 0.6 is 0 Å². The molecule has 1 aromatic rings. The summed E-state index contributed by atoms with van der Waals surface area (Å²) in [5.41, 5.74) is -0.260. The lowest BCUT2D eigenvalue weighted by Crippen LogP contribution is -2.43. The van der Waals surface area contributed by atoms with Crippen molar-refractivity contribution in [3.05, 3.63) is 29.4 Å². The van der Waals surface area contributed by atoms with E-state index in [-0.39, 0.29) is 6.67 Å². The van der Waals surface area contributed by atoms with Gasteiger partial charge in [-0.05, 0) is 26.0 Å². The Bertz CT molecular complexity index is 367. The molecule has 0 fully saturated rings. The monoisotopic (exact) mass is 196 g/mol. The van der Waals surface area contributed by atoms with Crippen molar-refractivity contribution in [3.8, 4) is 0 Å². The Labute approximate surface area is 81.4 Å². The van der Waals surface area contributed by atoms with Gasteiger partial charge in [0.05, 0.1) is 6.26 Å². The van der Waals surface area contributed by atoms with Crippen molar-refractivity contribution >= 4 is 5.71 Å². The molecule has 0 aliphatic carbocycles. The van der Waals surface area contributed by atoms with Gasteiger partial charge in [0, 0.05) is 0 Å². The summed E-state index contributed by atoms with van der Waals surface area (Å²) in [5.74, 6) is 0.501. The quantitative estimate of drug-likeness (QED) is 0.538. The first-order valence-electron chi connectivity index (χ1n) is 4.36. The van der Waals surface area contributed by atoms with Crippen LogP contribution in [0.15, 0.2) is 22.8 Å². The van der Waals surface area contributed by atoms with Crippen LogP contribution < -0.4 is 0 Å². The van der Waals surface area contributed by atoms with Gasteiger partial charge >= 0.3 is 0 Å². The molecule has 5 nitrogen and oxygen atoms in total. The molecule has 2 rings (SSSR count). The second-order valence-electron chi connectivity index (χ2n) is 3.80. The van der Waals surface area contributed by atoms with Crippen LogP contribution in [0.2, 0.25) is 0 Å². The molecule has 0 unspecified atom stereocenters. The van der Waals surface area contributed by atoms with E-state index in [2.05, 4.69) is 0 Å². The summed E-state index contributed by atoms with van der Waals surface area (Å²) in [7, 11) is 0. The van der Waals surface area contributed by atoms with Crippen LogP contribution in [0.5, 0.6) is 0 Å². The van der Waals surface area contributed by atoms with Crippen LogP contribution in [0.4, 0.5) is 0 Å². The minimum absolute atomic E-state index is 0.0525. The number of rotatable bonds is 1. The summed E-state index contributed by atoms with van der Waals surface area (Å²) in [6.07, 6.45) is 1.51. The molecule has 76 valence electrons. The minimum atomic E-state index is -0.709. The molecule has 0 bridgehead atoms. The zero-order chi connectivity index (χ0) is 10.3. The summed E-state index contributed by atoms with van der Waals surface area (Å²) in [4.78, 5) is 0. The number of hydroxylamine groups is 3. The third kappa shape index (κ3) is 1.13. The lowest BCUT2D eigenvalue weighted by Gasteiger charge is -2.20. The minimum Gasteiger partial charge on any atom is -0.622 e. The van der Waals surface area contributed by atoms with Gasteiger partial charge in [-0.3, -0.25) is 0 Å². The Kier molecular flexibility index (Phi) is 1.87. The topological polar surface area (TPSA) is 62.7 Å². The molecule has 1 N–H and O–H groups in total.